The van der Waals surface area contributed by atoms with Crippen LogP contribution in [0.4, 0.5) is 17.1 Å². The van der Waals surface area contributed by atoms with Crippen LogP contribution < -0.4 is 14.5 Å². The number of amides is 2. The second kappa shape index (κ2) is 9.15. The van der Waals surface area contributed by atoms with E-state index in [1.54, 1.807) is 23.1 Å². The molecule has 0 atom stereocenters. The lowest BCUT2D eigenvalue weighted by atomic mass is 10.1. The van der Waals surface area contributed by atoms with Crippen LogP contribution in [0.2, 0.25) is 0 Å². The van der Waals surface area contributed by atoms with Crippen molar-refractivity contribution >= 4 is 50.4 Å². The van der Waals surface area contributed by atoms with Gasteiger partial charge < -0.3 is 10.2 Å². The molecule has 1 aromatic heterocycles. The molecule has 34 heavy (non-hydrogen) atoms. The van der Waals surface area contributed by atoms with Gasteiger partial charge >= 0.3 is 0 Å². The third-order valence-corrected chi connectivity index (χ3v) is 7.55. The van der Waals surface area contributed by atoms with Crippen LogP contribution in [-0.2, 0) is 26.0 Å². The van der Waals surface area contributed by atoms with Gasteiger partial charge in [-0.05, 0) is 55.6 Å². The van der Waals surface area contributed by atoms with E-state index in [2.05, 4.69) is 14.7 Å². The van der Waals surface area contributed by atoms with Crippen LogP contribution in [0.5, 0.6) is 0 Å². The fourth-order valence-electron chi connectivity index (χ4n) is 4.07. The Kier molecular flexibility index (Phi) is 6.41. The fourth-order valence-corrected chi connectivity index (χ4v) is 5.73. The Bertz CT molecular complexity index is 1380. The van der Waals surface area contributed by atoms with Crippen LogP contribution >= 0.6 is 11.5 Å². The first kappa shape index (κ1) is 23.8. The van der Waals surface area contributed by atoms with Crippen LogP contribution in [0.25, 0.3) is 10.6 Å². The topological polar surface area (TPSA) is 113 Å². The molecule has 0 saturated heterocycles. The van der Waals surface area contributed by atoms with Crippen molar-refractivity contribution < 1.29 is 18.0 Å². The predicted molar refractivity (Wildman–Crippen MR) is 134 cm³/mol. The van der Waals surface area contributed by atoms with E-state index in [-0.39, 0.29) is 12.5 Å². The Hall–Kier alpha value is -3.31. The van der Waals surface area contributed by atoms with E-state index in [0.717, 1.165) is 38.2 Å². The van der Waals surface area contributed by atoms with Gasteiger partial charge in [0.05, 0.1) is 18.5 Å². The number of nitrogens with one attached hydrogen (secondary N) is 1. The second-order valence-electron chi connectivity index (χ2n) is 8.15. The molecule has 0 fully saturated rings. The molecule has 2 aromatic carbocycles. The van der Waals surface area contributed by atoms with E-state index in [4.69, 9.17) is 0 Å². The Morgan fingerprint density at radius 2 is 1.97 bits per heavy atom. The number of aryl methyl sites for hydroxylation is 2. The molecule has 178 valence electrons. The van der Waals surface area contributed by atoms with Crippen molar-refractivity contribution in [2.24, 2.45) is 0 Å². The molecule has 0 saturated carbocycles. The number of rotatable bonds is 6. The normalized spacial score (nSPS) is 13.0. The monoisotopic (exact) mass is 499 g/mol. The highest BCUT2D eigenvalue weighted by Gasteiger charge is 2.31. The highest BCUT2D eigenvalue weighted by atomic mass is 32.2. The lowest BCUT2D eigenvalue weighted by Crippen LogP contribution is -2.35. The smallest absolute Gasteiger partial charge is 0.246 e. The number of hydrogen-bond donors (Lipinski definition) is 1. The van der Waals surface area contributed by atoms with Gasteiger partial charge in [0.2, 0.25) is 21.8 Å². The zero-order valence-corrected chi connectivity index (χ0v) is 21.0. The highest BCUT2D eigenvalue weighted by molar-refractivity contribution is 7.92. The Morgan fingerprint density at radius 3 is 2.62 bits per heavy atom. The molecule has 2 amide bonds. The van der Waals surface area contributed by atoms with Crippen molar-refractivity contribution in [1.82, 2.24) is 9.36 Å². The van der Waals surface area contributed by atoms with E-state index >= 15 is 0 Å². The Morgan fingerprint density at radius 1 is 1.21 bits per heavy atom. The van der Waals surface area contributed by atoms with Crippen LogP contribution in [0.1, 0.15) is 23.9 Å². The highest BCUT2D eigenvalue weighted by Crippen LogP contribution is 2.37. The van der Waals surface area contributed by atoms with Crippen molar-refractivity contribution in [3.63, 3.8) is 0 Å². The summed E-state index contributed by atoms with van der Waals surface area (Å²) < 4.78 is 29.5. The molecular formula is C23H25N5O4S2. The number of carbonyl (C=O) groups excluding carboxylic acids is 2. The molecule has 0 spiro atoms. The zero-order valence-electron chi connectivity index (χ0n) is 19.3. The molecule has 1 aliphatic rings. The second-order valence-corrected chi connectivity index (χ2v) is 10.7. The lowest BCUT2D eigenvalue weighted by Gasteiger charge is -2.23. The number of carbonyl (C=O) groups is 2. The Labute approximate surface area is 202 Å². The lowest BCUT2D eigenvalue weighted by molar-refractivity contribution is -0.117. The fraction of sp³-hybridized carbons (Fsp3) is 0.304. The van der Waals surface area contributed by atoms with Gasteiger partial charge in [-0.3, -0.25) is 9.59 Å². The standard InChI is InChI=1S/C23H25N5O4S2/c1-14-8-9-17(23-25-15(2)26-33-23)12-19(14)24-13-22(30)27-11-10-18-20(27)6-5-7-21(18)28(16(3)29)34(4,31)32/h5-9,12,24H,10-11,13H2,1-4H3. The Balaban J connectivity index is 1.55. The van der Waals surface area contributed by atoms with Crippen LogP contribution in [0.3, 0.4) is 0 Å². The van der Waals surface area contributed by atoms with Gasteiger partial charge in [0.15, 0.2) is 0 Å². The number of aromatic nitrogens is 2. The maximum Gasteiger partial charge on any atom is 0.246 e. The molecular weight excluding hydrogens is 474 g/mol. The molecule has 0 radical (unpaired) electrons. The van der Waals surface area contributed by atoms with Gasteiger partial charge in [-0.2, -0.15) is 4.37 Å². The van der Waals surface area contributed by atoms with Crippen molar-refractivity contribution in [3.05, 3.63) is 53.3 Å². The SMILES string of the molecule is CC(=O)N(c1cccc2c1CCN2C(=O)CNc1cc(-c2nc(C)ns2)ccc1C)S(C)(=O)=O. The molecule has 2 heterocycles. The van der Waals surface area contributed by atoms with Gasteiger partial charge in [-0.25, -0.2) is 17.7 Å². The summed E-state index contributed by atoms with van der Waals surface area (Å²) in [6.45, 7) is 5.48. The van der Waals surface area contributed by atoms with Crippen molar-refractivity contribution in [3.8, 4) is 10.6 Å². The van der Waals surface area contributed by atoms with Crippen LogP contribution in [0.15, 0.2) is 36.4 Å². The van der Waals surface area contributed by atoms with Crippen LogP contribution in [0, 0.1) is 13.8 Å². The zero-order chi connectivity index (χ0) is 24.6. The van der Waals surface area contributed by atoms with E-state index in [0.29, 0.717) is 29.9 Å². The quantitative estimate of drug-likeness (QED) is 0.554. The van der Waals surface area contributed by atoms with E-state index in [1.165, 1.54) is 18.5 Å². The number of fused-ring (bicyclic) bond motifs is 1. The maximum absolute atomic E-state index is 13.1. The van der Waals surface area contributed by atoms with Gasteiger partial charge in [-0.15, -0.1) is 0 Å². The van der Waals surface area contributed by atoms with E-state index in [1.807, 2.05) is 32.0 Å². The van der Waals surface area contributed by atoms with Gasteiger partial charge in [-0.1, -0.05) is 18.2 Å². The first-order chi connectivity index (χ1) is 16.1. The van der Waals surface area contributed by atoms with Crippen molar-refractivity contribution in [2.75, 3.05) is 33.9 Å². The summed E-state index contributed by atoms with van der Waals surface area (Å²) in [5.74, 6) is -0.0268. The summed E-state index contributed by atoms with van der Waals surface area (Å²) in [4.78, 5) is 31.2. The summed E-state index contributed by atoms with van der Waals surface area (Å²) in [7, 11) is -3.79. The molecule has 11 heteroatoms. The van der Waals surface area contributed by atoms with Crippen molar-refractivity contribution in [2.45, 2.75) is 27.2 Å². The maximum atomic E-state index is 13.1. The summed E-state index contributed by atoms with van der Waals surface area (Å²) in [5, 5.41) is 4.04. The number of nitrogens with zero attached hydrogens (tertiary/aromatic N) is 4. The number of hydrogen-bond acceptors (Lipinski definition) is 8. The van der Waals surface area contributed by atoms with Gasteiger partial charge in [0.1, 0.15) is 10.8 Å². The summed E-state index contributed by atoms with van der Waals surface area (Å²) in [5.41, 5.74) is 4.33. The third kappa shape index (κ3) is 4.66. The molecule has 4 rings (SSSR count). The average molecular weight is 500 g/mol. The minimum atomic E-state index is -3.79. The first-order valence-corrected chi connectivity index (χ1v) is 13.3. The molecule has 0 unspecified atom stereocenters. The largest absolute Gasteiger partial charge is 0.376 e. The minimum Gasteiger partial charge on any atom is -0.376 e. The van der Waals surface area contributed by atoms with Gasteiger partial charge in [0.25, 0.3) is 0 Å². The summed E-state index contributed by atoms with van der Waals surface area (Å²) in [6.07, 6.45) is 1.45. The molecule has 1 aliphatic heterocycles. The first-order valence-electron chi connectivity index (χ1n) is 10.6. The average Bonchev–Trinajstić information content (AvgIpc) is 3.39. The van der Waals surface area contributed by atoms with Crippen molar-refractivity contribution in [1.29, 1.82) is 0 Å². The minimum absolute atomic E-state index is 0.0611. The molecule has 0 aliphatic carbocycles. The molecule has 9 nitrogen and oxygen atoms in total. The molecule has 3 aromatic rings. The number of anilines is 3. The predicted octanol–water partition coefficient (Wildman–Crippen LogP) is 3.14. The molecule has 1 N–H and O–H groups in total. The van der Waals surface area contributed by atoms with E-state index in [9.17, 15) is 18.0 Å². The van der Waals surface area contributed by atoms with E-state index < -0.39 is 15.9 Å². The van der Waals surface area contributed by atoms with Gasteiger partial charge in [0, 0.05) is 36.0 Å². The summed E-state index contributed by atoms with van der Waals surface area (Å²) >= 11 is 1.33. The summed E-state index contributed by atoms with van der Waals surface area (Å²) in [6, 6.07) is 10.9. The number of sulfonamides is 1. The van der Waals surface area contributed by atoms with Crippen LogP contribution in [-0.4, -0.2) is 48.9 Å². The molecule has 0 bridgehead atoms. The third-order valence-electron chi connectivity index (χ3n) is 5.58. The number of benzene rings is 2.